The van der Waals surface area contributed by atoms with Crippen molar-refractivity contribution >= 4 is 5.97 Å². The molecule has 0 aliphatic heterocycles. The molecule has 192 valence electrons. The lowest BCUT2D eigenvalue weighted by atomic mass is 9.75. The molecule has 3 heteroatoms. The average Bonchev–Trinajstić information content (AvgIpc) is 2.88. The van der Waals surface area contributed by atoms with Gasteiger partial charge in [0.1, 0.15) is 5.75 Å². The van der Waals surface area contributed by atoms with Gasteiger partial charge >= 0.3 is 5.97 Å². The minimum Gasteiger partial charge on any atom is -0.425 e. The Morgan fingerprint density at radius 2 is 1.35 bits per heavy atom. The van der Waals surface area contributed by atoms with Gasteiger partial charge in [-0.1, -0.05) is 97.3 Å². The fourth-order valence-corrected chi connectivity index (χ4v) is 6.18. The summed E-state index contributed by atoms with van der Waals surface area (Å²) in [5.74, 6) is 3.43. The van der Waals surface area contributed by atoms with Gasteiger partial charge in [-0.05, 0) is 68.4 Å². The number of carbonyl (C=O) groups excluding carboxylic acids is 1. The molecule has 0 N–H and O–H groups in total. The molecule has 0 saturated heterocycles. The Hall–Kier alpha value is -1.38. The first-order chi connectivity index (χ1) is 16.7. The molecule has 0 bridgehead atoms. The zero-order valence-corrected chi connectivity index (χ0v) is 22.2. The maximum atomic E-state index is 12.6. The van der Waals surface area contributed by atoms with Gasteiger partial charge in [0.2, 0.25) is 0 Å². The molecule has 2 aliphatic carbocycles. The highest BCUT2D eigenvalue weighted by atomic mass is 16.5. The highest BCUT2D eigenvalue weighted by Gasteiger charge is 2.29. The molecular weight excluding hydrogens is 418 g/mol. The first kappa shape index (κ1) is 27.2. The molecule has 1 aromatic heterocycles. The predicted octanol–water partition coefficient (Wildman–Crippen LogP) is 9.08. The van der Waals surface area contributed by atoms with Crippen LogP contribution in [0.5, 0.6) is 5.75 Å². The first-order valence-electron chi connectivity index (χ1n) is 14.8. The van der Waals surface area contributed by atoms with Crippen LogP contribution in [-0.4, -0.2) is 11.0 Å². The van der Waals surface area contributed by atoms with Crippen molar-refractivity contribution in [3.8, 4) is 5.75 Å². The fourth-order valence-electron chi connectivity index (χ4n) is 6.18. The number of carbonyl (C=O) groups is 1. The molecule has 2 aliphatic rings. The van der Waals surface area contributed by atoms with E-state index in [1.54, 1.807) is 6.20 Å². The summed E-state index contributed by atoms with van der Waals surface area (Å²) in [4.78, 5) is 17.1. The van der Waals surface area contributed by atoms with Crippen LogP contribution in [0.15, 0.2) is 18.3 Å². The number of pyridine rings is 1. The van der Waals surface area contributed by atoms with E-state index in [1.807, 2.05) is 12.1 Å². The lowest BCUT2D eigenvalue weighted by Crippen LogP contribution is -2.26. The summed E-state index contributed by atoms with van der Waals surface area (Å²) in [6, 6.07) is 3.90. The molecule has 2 fully saturated rings. The molecule has 0 atom stereocenters. The lowest BCUT2D eigenvalue weighted by Gasteiger charge is -2.31. The molecule has 2 saturated carbocycles. The number of hydrogen-bond donors (Lipinski definition) is 0. The minimum atomic E-state index is -0.0467. The quantitative estimate of drug-likeness (QED) is 0.201. The number of hydrogen-bond acceptors (Lipinski definition) is 3. The first-order valence-corrected chi connectivity index (χ1v) is 14.8. The summed E-state index contributed by atoms with van der Waals surface area (Å²) in [6.07, 6.45) is 26.7. The summed E-state index contributed by atoms with van der Waals surface area (Å²) >= 11 is 0. The Labute approximate surface area is 209 Å². The maximum Gasteiger partial charge on any atom is 0.314 e. The van der Waals surface area contributed by atoms with Crippen molar-refractivity contribution in [2.45, 2.75) is 136 Å². The van der Waals surface area contributed by atoms with Gasteiger partial charge in [-0.15, -0.1) is 0 Å². The molecule has 0 amide bonds. The summed E-state index contributed by atoms with van der Waals surface area (Å²) in [6.45, 7) is 4.49. The zero-order chi connectivity index (χ0) is 24.0. The van der Waals surface area contributed by atoms with E-state index in [1.165, 1.54) is 96.3 Å². The topological polar surface area (TPSA) is 39.2 Å². The average molecular weight is 470 g/mol. The Morgan fingerprint density at radius 3 is 1.94 bits per heavy atom. The highest BCUT2D eigenvalue weighted by Crippen LogP contribution is 2.38. The zero-order valence-electron chi connectivity index (χ0n) is 22.2. The van der Waals surface area contributed by atoms with Gasteiger partial charge in [0.25, 0.3) is 0 Å². The largest absolute Gasteiger partial charge is 0.425 e. The summed E-state index contributed by atoms with van der Waals surface area (Å²) in [7, 11) is 0. The Morgan fingerprint density at radius 1 is 0.765 bits per heavy atom. The normalized spacial score (nSPS) is 25.2. The Balaban J connectivity index is 1.26. The monoisotopic (exact) mass is 469 g/mol. The van der Waals surface area contributed by atoms with Crippen molar-refractivity contribution in [3.63, 3.8) is 0 Å². The van der Waals surface area contributed by atoms with Crippen LogP contribution in [0.1, 0.15) is 135 Å². The van der Waals surface area contributed by atoms with E-state index < -0.39 is 0 Å². The molecule has 3 nitrogen and oxygen atoms in total. The number of rotatable bonds is 14. The van der Waals surface area contributed by atoms with Crippen LogP contribution < -0.4 is 4.74 Å². The number of aryl methyl sites for hydroxylation is 1. The molecule has 1 heterocycles. The van der Waals surface area contributed by atoms with Crippen LogP contribution >= 0.6 is 0 Å². The van der Waals surface area contributed by atoms with Gasteiger partial charge in [0.05, 0.1) is 12.1 Å². The SMILES string of the molecule is CCCCCCC[C@H]1CC[C@H](CC[C@H]2CC[C@H](C(=O)Oc3ccc(CCCC)nc3)CC2)CC1. The number of aromatic nitrogens is 1. The van der Waals surface area contributed by atoms with Crippen LogP contribution in [0.2, 0.25) is 0 Å². The fraction of sp³-hybridized carbons (Fsp3) is 0.806. The van der Waals surface area contributed by atoms with Gasteiger partial charge in [0.15, 0.2) is 0 Å². The van der Waals surface area contributed by atoms with Gasteiger partial charge in [-0.25, -0.2) is 0 Å². The molecule has 1 aromatic rings. The standard InChI is InChI=1S/C31H51NO2/c1-3-5-7-8-9-10-25-12-14-26(15-13-25)16-17-27-18-20-28(21-19-27)31(33)34-30-23-22-29(32-24-30)11-6-4-2/h22-28H,3-21H2,1-2H3/t25-,26-,27-,28-. The molecule has 0 aromatic carbocycles. The number of unbranched alkanes of at least 4 members (excludes halogenated alkanes) is 5. The summed E-state index contributed by atoms with van der Waals surface area (Å²) < 4.78 is 5.66. The molecule has 0 spiro atoms. The Bertz CT molecular complexity index is 669. The van der Waals surface area contributed by atoms with Crippen molar-refractivity contribution in [2.75, 3.05) is 0 Å². The molecule has 3 rings (SSSR count). The van der Waals surface area contributed by atoms with E-state index >= 15 is 0 Å². The van der Waals surface area contributed by atoms with E-state index in [-0.39, 0.29) is 11.9 Å². The molecule has 0 radical (unpaired) electrons. The maximum absolute atomic E-state index is 12.6. The van der Waals surface area contributed by atoms with Crippen molar-refractivity contribution < 1.29 is 9.53 Å². The van der Waals surface area contributed by atoms with Crippen molar-refractivity contribution in [1.29, 1.82) is 0 Å². The summed E-state index contributed by atoms with van der Waals surface area (Å²) in [5.41, 5.74) is 1.08. The third-order valence-corrected chi connectivity index (χ3v) is 8.65. The van der Waals surface area contributed by atoms with Crippen molar-refractivity contribution in [1.82, 2.24) is 4.98 Å². The van der Waals surface area contributed by atoms with E-state index in [0.717, 1.165) is 49.1 Å². The number of nitrogens with zero attached hydrogens (tertiary/aromatic N) is 1. The van der Waals surface area contributed by atoms with Gasteiger partial charge in [0, 0.05) is 5.69 Å². The van der Waals surface area contributed by atoms with E-state index in [4.69, 9.17) is 4.74 Å². The number of esters is 1. The van der Waals surface area contributed by atoms with Crippen LogP contribution in [-0.2, 0) is 11.2 Å². The van der Waals surface area contributed by atoms with E-state index in [0.29, 0.717) is 5.75 Å². The molecular formula is C31H51NO2. The summed E-state index contributed by atoms with van der Waals surface area (Å²) in [5, 5.41) is 0. The third-order valence-electron chi connectivity index (χ3n) is 8.65. The smallest absolute Gasteiger partial charge is 0.314 e. The molecule has 0 unspecified atom stereocenters. The van der Waals surface area contributed by atoms with E-state index in [2.05, 4.69) is 18.8 Å². The van der Waals surface area contributed by atoms with E-state index in [9.17, 15) is 4.79 Å². The highest BCUT2D eigenvalue weighted by molar-refractivity contribution is 5.75. The van der Waals surface area contributed by atoms with Gasteiger partial charge < -0.3 is 4.74 Å². The van der Waals surface area contributed by atoms with Crippen LogP contribution in [0.25, 0.3) is 0 Å². The predicted molar refractivity (Wildman–Crippen MR) is 142 cm³/mol. The third kappa shape index (κ3) is 9.70. The second-order valence-corrected chi connectivity index (χ2v) is 11.4. The van der Waals surface area contributed by atoms with Crippen LogP contribution in [0.4, 0.5) is 0 Å². The number of ether oxygens (including phenoxy) is 1. The van der Waals surface area contributed by atoms with Gasteiger partial charge in [-0.2, -0.15) is 0 Å². The van der Waals surface area contributed by atoms with Crippen LogP contribution in [0.3, 0.4) is 0 Å². The minimum absolute atomic E-state index is 0.0467. The van der Waals surface area contributed by atoms with Crippen molar-refractivity contribution in [2.24, 2.45) is 23.7 Å². The second-order valence-electron chi connectivity index (χ2n) is 11.4. The van der Waals surface area contributed by atoms with Crippen LogP contribution in [0, 0.1) is 23.7 Å². The Kier molecular flexibility index (Phi) is 12.5. The second kappa shape index (κ2) is 15.6. The molecule has 34 heavy (non-hydrogen) atoms. The lowest BCUT2D eigenvalue weighted by molar-refractivity contribution is -0.140. The van der Waals surface area contributed by atoms with Crippen molar-refractivity contribution in [3.05, 3.63) is 24.0 Å². The van der Waals surface area contributed by atoms with Gasteiger partial charge in [-0.3, -0.25) is 9.78 Å².